The van der Waals surface area contributed by atoms with Crippen molar-refractivity contribution >= 4 is 11.9 Å². The summed E-state index contributed by atoms with van der Waals surface area (Å²) in [5, 5.41) is 9.64. The standard InChI is InChI=1S/C17H27N5O2/c1-20(2)14-10-15(12-23)22(11-14)16(24)13-4-8-21(9-5-13)17-18-6-3-7-19-17/h3,6-7,13-15,23H,4-5,8-12H2,1-2H3/t14-,15+/m1/s1. The summed E-state index contributed by atoms with van der Waals surface area (Å²) in [6.45, 7) is 2.37. The number of nitrogens with zero attached hydrogens (tertiary/aromatic N) is 5. The highest BCUT2D eigenvalue weighted by molar-refractivity contribution is 5.80. The molecule has 3 rings (SSSR count). The molecule has 7 heteroatoms. The van der Waals surface area contributed by atoms with E-state index in [4.69, 9.17) is 0 Å². The van der Waals surface area contributed by atoms with Gasteiger partial charge in [-0.2, -0.15) is 0 Å². The number of amides is 1. The van der Waals surface area contributed by atoms with E-state index in [1.54, 1.807) is 12.4 Å². The summed E-state index contributed by atoms with van der Waals surface area (Å²) in [6.07, 6.45) is 5.98. The molecule has 0 aliphatic carbocycles. The molecule has 2 fully saturated rings. The first-order valence-electron chi connectivity index (χ1n) is 8.70. The summed E-state index contributed by atoms with van der Waals surface area (Å²) in [6, 6.07) is 2.10. The highest BCUT2D eigenvalue weighted by Gasteiger charge is 2.39. The number of piperidine rings is 1. The van der Waals surface area contributed by atoms with Crippen LogP contribution in [0.1, 0.15) is 19.3 Å². The maximum Gasteiger partial charge on any atom is 0.226 e. The fourth-order valence-corrected chi connectivity index (χ4v) is 3.72. The molecule has 132 valence electrons. The first-order valence-corrected chi connectivity index (χ1v) is 8.70. The molecule has 2 aliphatic rings. The van der Waals surface area contributed by atoms with Crippen LogP contribution in [0.5, 0.6) is 0 Å². The van der Waals surface area contributed by atoms with E-state index in [-0.39, 0.29) is 24.5 Å². The van der Waals surface area contributed by atoms with Gasteiger partial charge in [0.15, 0.2) is 0 Å². The second-order valence-corrected chi connectivity index (χ2v) is 6.99. The van der Waals surface area contributed by atoms with Crippen LogP contribution in [0.25, 0.3) is 0 Å². The lowest BCUT2D eigenvalue weighted by atomic mass is 9.95. The van der Waals surface area contributed by atoms with Crippen molar-refractivity contribution < 1.29 is 9.90 Å². The lowest BCUT2D eigenvalue weighted by Crippen LogP contribution is -2.46. The Kier molecular flexibility index (Phi) is 5.30. The third-order valence-corrected chi connectivity index (χ3v) is 5.30. The van der Waals surface area contributed by atoms with Gasteiger partial charge in [-0.05, 0) is 39.4 Å². The molecule has 1 aromatic heterocycles. The number of hydrogen-bond donors (Lipinski definition) is 1. The first kappa shape index (κ1) is 17.1. The molecule has 7 nitrogen and oxygen atoms in total. The van der Waals surface area contributed by atoms with Crippen molar-refractivity contribution in [2.45, 2.75) is 31.3 Å². The lowest BCUT2D eigenvalue weighted by Gasteiger charge is -2.34. The molecule has 0 radical (unpaired) electrons. The van der Waals surface area contributed by atoms with Crippen molar-refractivity contribution in [3.8, 4) is 0 Å². The zero-order chi connectivity index (χ0) is 17.1. The zero-order valence-corrected chi connectivity index (χ0v) is 14.5. The molecule has 3 heterocycles. The minimum absolute atomic E-state index is 0.0413. The number of likely N-dealkylation sites (N-methyl/N-ethyl adjacent to an activating group) is 1. The van der Waals surface area contributed by atoms with Gasteiger partial charge in [-0.15, -0.1) is 0 Å². The largest absolute Gasteiger partial charge is 0.394 e. The molecule has 1 N–H and O–H groups in total. The Morgan fingerprint density at radius 1 is 1.29 bits per heavy atom. The first-order chi connectivity index (χ1) is 11.6. The molecule has 24 heavy (non-hydrogen) atoms. The third-order valence-electron chi connectivity index (χ3n) is 5.30. The Morgan fingerprint density at radius 2 is 1.96 bits per heavy atom. The summed E-state index contributed by atoms with van der Waals surface area (Å²) in [5.41, 5.74) is 0. The molecule has 2 aliphatic heterocycles. The Morgan fingerprint density at radius 3 is 2.54 bits per heavy atom. The van der Waals surface area contributed by atoms with Crippen LogP contribution in [0.2, 0.25) is 0 Å². The number of anilines is 1. The average Bonchev–Trinajstić information content (AvgIpc) is 3.07. The number of carbonyl (C=O) groups excluding carboxylic acids is 1. The van der Waals surface area contributed by atoms with Gasteiger partial charge in [0, 0.05) is 44.0 Å². The van der Waals surface area contributed by atoms with Crippen LogP contribution in [0, 0.1) is 5.92 Å². The smallest absolute Gasteiger partial charge is 0.226 e. The molecular weight excluding hydrogens is 306 g/mol. The molecule has 0 aromatic carbocycles. The minimum atomic E-state index is -0.0413. The number of aliphatic hydroxyl groups excluding tert-OH is 1. The number of hydrogen-bond acceptors (Lipinski definition) is 6. The summed E-state index contributed by atoms with van der Waals surface area (Å²) in [5.74, 6) is 0.984. The van der Waals surface area contributed by atoms with Crippen molar-refractivity contribution in [1.29, 1.82) is 0 Å². The quantitative estimate of drug-likeness (QED) is 0.850. The third kappa shape index (κ3) is 3.52. The van der Waals surface area contributed by atoms with Crippen molar-refractivity contribution in [3.05, 3.63) is 18.5 Å². The fourth-order valence-electron chi connectivity index (χ4n) is 3.72. The summed E-state index contributed by atoms with van der Waals surface area (Å²) in [7, 11) is 4.07. The number of aliphatic hydroxyl groups is 1. The summed E-state index contributed by atoms with van der Waals surface area (Å²) in [4.78, 5) is 27.7. The highest BCUT2D eigenvalue weighted by Crippen LogP contribution is 2.27. The Labute approximate surface area is 143 Å². The van der Waals surface area contributed by atoms with Crippen LogP contribution < -0.4 is 4.90 Å². The van der Waals surface area contributed by atoms with Crippen molar-refractivity contribution in [1.82, 2.24) is 19.8 Å². The van der Waals surface area contributed by atoms with Gasteiger partial charge in [0.2, 0.25) is 11.9 Å². The summed E-state index contributed by atoms with van der Waals surface area (Å²) < 4.78 is 0. The van der Waals surface area contributed by atoms with Crippen LogP contribution in [0.4, 0.5) is 5.95 Å². The van der Waals surface area contributed by atoms with E-state index in [9.17, 15) is 9.90 Å². The predicted molar refractivity (Wildman–Crippen MR) is 91.6 cm³/mol. The maximum absolute atomic E-state index is 12.9. The monoisotopic (exact) mass is 333 g/mol. The molecule has 0 saturated carbocycles. The van der Waals surface area contributed by atoms with Crippen LogP contribution >= 0.6 is 0 Å². The van der Waals surface area contributed by atoms with E-state index in [0.717, 1.165) is 44.8 Å². The van der Waals surface area contributed by atoms with Crippen LogP contribution in [-0.4, -0.2) is 83.2 Å². The van der Waals surface area contributed by atoms with E-state index in [2.05, 4.69) is 19.8 Å². The number of rotatable bonds is 4. The molecule has 1 aromatic rings. The van der Waals surface area contributed by atoms with Gasteiger partial charge in [0.25, 0.3) is 0 Å². The van der Waals surface area contributed by atoms with E-state index in [1.165, 1.54) is 0 Å². The number of likely N-dealkylation sites (tertiary alicyclic amines) is 1. The van der Waals surface area contributed by atoms with Gasteiger partial charge in [-0.1, -0.05) is 0 Å². The summed E-state index contributed by atoms with van der Waals surface area (Å²) >= 11 is 0. The molecular formula is C17H27N5O2. The van der Waals surface area contributed by atoms with Crippen LogP contribution in [0.15, 0.2) is 18.5 Å². The molecule has 2 saturated heterocycles. The van der Waals surface area contributed by atoms with E-state index in [0.29, 0.717) is 6.04 Å². The van der Waals surface area contributed by atoms with Crippen molar-refractivity contribution in [2.75, 3.05) is 45.2 Å². The normalized spacial score (nSPS) is 25.5. The van der Waals surface area contributed by atoms with Crippen molar-refractivity contribution in [2.24, 2.45) is 5.92 Å². The van der Waals surface area contributed by atoms with Crippen LogP contribution in [0.3, 0.4) is 0 Å². The number of aromatic nitrogens is 2. The highest BCUT2D eigenvalue weighted by atomic mass is 16.3. The second kappa shape index (κ2) is 7.44. The SMILES string of the molecule is CN(C)[C@@H]1C[C@@H](CO)N(C(=O)C2CCN(c3ncccn3)CC2)C1. The fraction of sp³-hybridized carbons (Fsp3) is 0.706. The minimum Gasteiger partial charge on any atom is -0.394 e. The van der Waals surface area contributed by atoms with Gasteiger partial charge in [-0.3, -0.25) is 4.79 Å². The Balaban J connectivity index is 1.59. The van der Waals surface area contributed by atoms with E-state index < -0.39 is 0 Å². The van der Waals surface area contributed by atoms with Gasteiger partial charge in [-0.25, -0.2) is 9.97 Å². The predicted octanol–water partition coefficient (Wildman–Crippen LogP) is 0.216. The molecule has 0 spiro atoms. The lowest BCUT2D eigenvalue weighted by molar-refractivity contribution is -0.137. The van der Waals surface area contributed by atoms with Gasteiger partial charge < -0.3 is 19.8 Å². The molecule has 0 bridgehead atoms. The Hall–Kier alpha value is -1.73. The van der Waals surface area contributed by atoms with Crippen molar-refractivity contribution in [3.63, 3.8) is 0 Å². The zero-order valence-electron chi connectivity index (χ0n) is 14.5. The maximum atomic E-state index is 12.9. The molecule has 0 unspecified atom stereocenters. The second-order valence-electron chi connectivity index (χ2n) is 6.99. The number of carbonyl (C=O) groups is 1. The van der Waals surface area contributed by atoms with E-state index in [1.807, 2.05) is 25.1 Å². The van der Waals surface area contributed by atoms with Crippen LogP contribution in [-0.2, 0) is 4.79 Å². The molecule has 1 amide bonds. The van der Waals surface area contributed by atoms with Gasteiger partial charge >= 0.3 is 0 Å². The average molecular weight is 333 g/mol. The Bertz CT molecular complexity index is 545. The van der Waals surface area contributed by atoms with Gasteiger partial charge in [0.05, 0.1) is 12.6 Å². The topological polar surface area (TPSA) is 72.8 Å². The van der Waals surface area contributed by atoms with E-state index >= 15 is 0 Å². The van der Waals surface area contributed by atoms with Gasteiger partial charge in [0.1, 0.15) is 0 Å². The molecule has 2 atom stereocenters.